The van der Waals surface area contributed by atoms with Crippen molar-refractivity contribution >= 4 is 6.09 Å². The van der Waals surface area contributed by atoms with Gasteiger partial charge in [-0.05, 0) is 11.5 Å². The lowest BCUT2D eigenvalue weighted by Gasteiger charge is -2.15. The van der Waals surface area contributed by atoms with Crippen molar-refractivity contribution in [2.45, 2.75) is 19.6 Å². The van der Waals surface area contributed by atoms with Crippen LogP contribution in [0.15, 0.2) is 30.3 Å². The minimum atomic E-state index is -0.270. The van der Waals surface area contributed by atoms with Gasteiger partial charge in [0, 0.05) is 19.1 Å². The molecule has 2 N–H and O–H groups in total. The Bertz CT molecular complexity index is 370. The van der Waals surface area contributed by atoms with Gasteiger partial charge in [0.15, 0.2) is 0 Å². The Morgan fingerprint density at radius 3 is 2.71 bits per heavy atom. The minimum absolute atomic E-state index is 0.0688. The molecule has 2 rings (SSSR count). The van der Waals surface area contributed by atoms with Gasteiger partial charge in [0.1, 0.15) is 6.61 Å². The van der Waals surface area contributed by atoms with E-state index in [4.69, 9.17) is 10.5 Å². The molecule has 4 nitrogen and oxygen atoms in total. The second kappa shape index (κ2) is 5.19. The number of benzene rings is 1. The van der Waals surface area contributed by atoms with E-state index in [1.807, 2.05) is 30.3 Å². The number of rotatable bonds is 2. The van der Waals surface area contributed by atoms with Crippen LogP contribution in [0.3, 0.4) is 0 Å². The molecule has 0 aliphatic carbocycles. The van der Waals surface area contributed by atoms with Crippen LogP contribution in [0, 0.1) is 5.92 Å². The summed E-state index contributed by atoms with van der Waals surface area (Å²) in [5.41, 5.74) is 6.86. The lowest BCUT2D eigenvalue weighted by atomic mass is 10.1. The Morgan fingerprint density at radius 1 is 1.41 bits per heavy atom. The van der Waals surface area contributed by atoms with Crippen molar-refractivity contribution in [3.63, 3.8) is 0 Å². The summed E-state index contributed by atoms with van der Waals surface area (Å²) in [6, 6.07) is 9.73. The molecule has 1 aromatic rings. The Hall–Kier alpha value is -1.55. The van der Waals surface area contributed by atoms with Crippen LogP contribution in [0.25, 0.3) is 0 Å². The van der Waals surface area contributed by atoms with Gasteiger partial charge in [0.2, 0.25) is 0 Å². The molecule has 4 heteroatoms. The van der Waals surface area contributed by atoms with Gasteiger partial charge >= 0.3 is 6.09 Å². The van der Waals surface area contributed by atoms with Crippen LogP contribution < -0.4 is 5.73 Å². The summed E-state index contributed by atoms with van der Waals surface area (Å²) in [5.74, 6) is 0.347. The molecule has 1 saturated heterocycles. The number of hydrogen-bond donors (Lipinski definition) is 1. The first-order valence-corrected chi connectivity index (χ1v) is 5.88. The Labute approximate surface area is 101 Å². The number of hydrogen-bond acceptors (Lipinski definition) is 3. The number of amides is 1. The first kappa shape index (κ1) is 11.9. The molecule has 1 aliphatic rings. The fraction of sp³-hybridized carbons (Fsp3) is 0.462. The van der Waals surface area contributed by atoms with Crippen molar-refractivity contribution in [2.75, 3.05) is 13.1 Å². The van der Waals surface area contributed by atoms with Gasteiger partial charge in [-0.25, -0.2) is 4.79 Å². The summed E-state index contributed by atoms with van der Waals surface area (Å²) in [5, 5.41) is 0. The van der Waals surface area contributed by atoms with Crippen LogP contribution in [0.4, 0.5) is 4.79 Å². The third-order valence-electron chi connectivity index (χ3n) is 3.13. The zero-order valence-electron chi connectivity index (χ0n) is 10.0. The predicted octanol–water partition coefficient (Wildman–Crippen LogP) is 1.60. The first-order chi connectivity index (χ1) is 8.16. The van der Waals surface area contributed by atoms with E-state index >= 15 is 0 Å². The summed E-state index contributed by atoms with van der Waals surface area (Å²) >= 11 is 0. The zero-order chi connectivity index (χ0) is 12.3. The van der Waals surface area contributed by atoms with Crippen molar-refractivity contribution in [1.82, 2.24) is 4.90 Å². The average molecular weight is 234 g/mol. The van der Waals surface area contributed by atoms with E-state index in [0.717, 1.165) is 5.56 Å². The number of nitrogens with two attached hydrogens (primary N) is 1. The maximum atomic E-state index is 11.8. The number of likely N-dealkylation sites (tertiary alicyclic amines) is 1. The van der Waals surface area contributed by atoms with Crippen molar-refractivity contribution < 1.29 is 9.53 Å². The van der Waals surface area contributed by atoms with Gasteiger partial charge in [-0.2, -0.15) is 0 Å². The predicted molar refractivity (Wildman–Crippen MR) is 65.3 cm³/mol. The molecular formula is C13H18N2O2. The Morgan fingerprint density at radius 2 is 2.12 bits per heavy atom. The molecule has 17 heavy (non-hydrogen) atoms. The van der Waals surface area contributed by atoms with Crippen LogP contribution in [0.1, 0.15) is 12.5 Å². The fourth-order valence-corrected chi connectivity index (χ4v) is 1.95. The van der Waals surface area contributed by atoms with Crippen LogP contribution >= 0.6 is 0 Å². The second-order valence-electron chi connectivity index (χ2n) is 4.59. The standard InChI is InChI=1S/C13H18N2O2/c1-10-7-15(8-12(10)14)13(16)17-9-11-5-3-2-4-6-11/h2-6,10,12H,7-9,14H2,1H3/t10-,12-/m0/s1. The summed E-state index contributed by atoms with van der Waals surface area (Å²) in [6.45, 7) is 3.65. The van der Waals surface area contributed by atoms with Gasteiger partial charge in [-0.1, -0.05) is 37.3 Å². The molecule has 0 spiro atoms. The van der Waals surface area contributed by atoms with E-state index < -0.39 is 0 Å². The topological polar surface area (TPSA) is 55.6 Å². The molecule has 0 unspecified atom stereocenters. The summed E-state index contributed by atoms with van der Waals surface area (Å²) in [7, 11) is 0. The zero-order valence-corrected chi connectivity index (χ0v) is 10.0. The fourth-order valence-electron chi connectivity index (χ4n) is 1.95. The van der Waals surface area contributed by atoms with E-state index in [9.17, 15) is 4.79 Å². The maximum Gasteiger partial charge on any atom is 0.410 e. The van der Waals surface area contributed by atoms with Crippen LogP contribution in [0.5, 0.6) is 0 Å². The van der Waals surface area contributed by atoms with Gasteiger partial charge in [0.25, 0.3) is 0 Å². The quantitative estimate of drug-likeness (QED) is 0.845. The summed E-state index contributed by atoms with van der Waals surface area (Å²) < 4.78 is 5.24. The van der Waals surface area contributed by atoms with Crippen molar-refractivity contribution in [3.05, 3.63) is 35.9 Å². The summed E-state index contributed by atoms with van der Waals surface area (Å²) in [4.78, 5) is 13.4. The Balaban J connectivity index is 1.82. The van der Waals surface area contributed by atoms with Gasteiger partial charge in [-0.15, -0.1) is 0 Å². The molecule has 1 aromatic carbocycles. The number of carbonyl (C=O) groups excluding carboxylic acids is 1. The maximum absolute atomic E-state index is 11.8. The second-order valence-corrected chi connectivity index (χ2v) is 4.59. The lowest BCUT2D eigenvalue weighted by Crippen LogP contribution is -2.32. The highest BCUT2D eigenvalue weighted by molar-refractivity contribution is 5.68. The van der Waals surface area contributed by atoms with Gasteiger partial charge in [-0.3, -0.25) is 0 Å². The van der Waals surface area contributed by atoms with Crippen molar-refractivity contribution in [1.29, 1.82) is 0 Å². The minimum Gasteiger partial charge on any atom is -0.445 e. The van der Waals surface area contributed by atoms with E-state index in [0.29, 0.717) is 25.6 Å². The van der Waals surface area contributed by atoms with E-state index in [1.165, 1.54) is 0 Å². The SMILES string of the molecule is C[C@H]1CN(C(=O)OCc2ccccc2)C[C@@H]1N. The molecular weight excluding hydrogens is 216 g/mol. The van der Waals surface area contributed by atoms with Crippen LogP contribution in [-0.4, -0.2) is 30.1 Å². The Kier molecular flexibility index (Phi) is 3.64. The summed E-state index contributed by atoms with van der Waals surface area (Å²) in [6.07, 6.45) is -0.270. The third-order valence-corrected chi connectivity index (χ3v) is 3.13. The molecule has 1 amide bonds. The van der Waals surface area contributed by atoms with E-state index in [-0.39, 0.29) is 12.1 Å². The van der Waals surface area contributed by atoms with Gasteiger partial charge < -0.3 is 15.4 Å². The van der Waals surface area contributed by atoms with Crippen LogP contribution in [0.2, 0.25) is 0 Å². The van der Waals surface area contributed by atoms with Crippen molar-refractivity contribution in [3.8, 4) is 0 Å². The molecule has 0 saturated carbocycles. The molecule has 0 radical (unpaired) electrons. The molecule has 1 aliphatic heterocycles. The number of nitrogens with zero attached hydrogens (tertiary/aromatic N) is 1. The smallest absolute Gasteiger partial charge is 0.410 e. The normalized spacial score (nSPS) is 23.8. The molecule has 0 bridgehead atoms. The number of ether oxygens (including phenoxy) is 1. The van der Waals surface area contributed by atoms with E-state index in [2.05, 4.69) is 6.92 Å². The highest BCUT2D eigenvalue weighted by atomic mass is 16.6. The molecule has 1 fully saturated rings. The van der Waals surface area contributed by atoms with Crippen molar-refractivity contribution in [2.24, 2.45) is 11.7 Å². The molecule has 0 aromatic heterocycles. The highest BCUT2D eigenvalue weighted by Gasteiger charge is 2.30. The first-order valence-electron chi connectivity index (χ1n) is 5.88. The van der Waals surface area contributed by atoms with Crippen LogP contribution in [-0.2, 0) is 11.3 Å². The highest BCUT2D eigenvalue weighted by Crippen LogP contribution is 2.15. The average Bonchev–Trinajstić information content (AvgIpc) is 2.68. The monoisotopic (exact) mass is 234 g/mol. The van der Waals surface area contributed by atoms with Gasteiger partial charge in [0.05, 0.1) is 0 Å². The van der Waals surface area contributed by atoms with E-state index in [1.54, 1.807) is 4.90 Å². The third kappa shape index (κ3) is 2.97. The lowest BCUT2D eigenvalue weighted by molar-refractivity contribution is 0.103. The molecule has 2 atom stereocenters. The molecule has 92 valence electrons. The number of carbonyl (C=O) groups is 1. The molecule has 1 heterocycles. The largest absolute Gasteiger partial charge is 0.445 e.